The minimum absolute atomic E-state index is 0. The van der Waals surface area contributed by atoms with Crippen LogP contribution in [0.25, 0.3) is 0 Å². The Morgan fingerprint density at radius 2 is 1.77 bits per heavy atom. The van der Waals surface area contributed by atoms with E-state index in [2.05, 4.69) is 10.1 Å². The molecule has 1 aromatic heterocycles. The topological polar surface area (TPSA) is 97.4 Å². The second kappa shape index (κ2) is 10.8. The van der Waals surface area contributed by atoms with Gasteiger partial charge in [0.15, 0.2) is 17.5 Å². The van der Waals surface area contributed by atoms with Crippen molar-refractivity contribution in [1.82, 2.24) is 24.6 Å². The average Bonchev–Trinajstić information content (AvgIpc) is 3.17. The van der Waals surface area contributed by atoms with Crippen molar-refractivity contribution in [2.75, 3.05) is 20.6 Å². The Balaban J connectivity index is 0.00000432. The molecule has 2 atom stereocenters. The molecule has 8 nitrogen and oxygen atoms in total. The summed E-state index contributed by atoms with van der Waals surface area (Å²) in [6.45, 7) is -0.159. The maximum atomic E-state index is 13.9. The van der Waals surface area contributed by atoms with Gasteiger partial charge in [-0.25, -0.2) is 22.8 Å². The number of alkyl halides is 3. The fourth-order valence-corrected chi connectivity index (χ4v) is 3.65. The van der Waals surface area contributed by atoms with Crippen LogP contribution in [-0.4, -0.2) is 63.1 Å². The fourth-order valence-electron chi connectivity index (χ4n) is 3.65. The van der Waals surface area contributed by atoms with E-state index < -0.39 is 53.4 Å². The lowest BCUT2D eigenvalue weighted by molar-refractivity contribution is -0.145. The monoisotopic (exact) mass is 528 g/mol. The first kappa shape index (κ1) is 28.4. The number of aromatic nitrogens is 3. The van der Waals surface area contributed by atoms with Crippen molar-refractivity contribution in [3.63, 3.8) is 0 Å². The molecule has 194 valence electrons. The highest BCUT2D eigenvalue weighted by atomic mass is 35.5. The molecule has 2 heterocycles. The van der Waals surface area contributed by atoms with E-state index in [1.807, 2.05) is 0 Å². The first-order valence-electron chi connectivity index (χ1n) is 10.2. The van der Waals surface area contributed by atoms with Crippen LogP contribution in [0.2, 0.25) is 0 Å². The number of nitrogens with two attached hydrogens (primary N) is 1. The van der Waals surface area contributed by atoms with Gasteiger partial charge in [-0.3, -0.25) is 9.59 Å². The lowest BCUT2D eigenvalue weighted by atomic mass is 10.0. The van der Waals surface area contributed by atoms with Crippen LogP contribution in [-0.2, 0) is 28.7 Å². The molecule has 1 aliphatic heterocycles. The number of carbonyl (C=O) groups excluding carboxylic acids is 2. The molecule has 0 radical (unpaired) electrons. The van der Waals surface area contributed by atoms with Gasteiger partial charge in [-0.1, -0.05) is 0 Å². The minimum Gasteiger partial charge on any atom is -0.349 e. The number of fused-ring (bicyclic) bond motifs is 1. The number of amides is 2. The van der Waals surface area contributed by atoms with Crippen LogP contribution in [0, 0.1) is 17.5 Å². The Morgan fingerprint density at radius 1 is 1.14 bits per heavy atom. The number of nitrogens with zero attached hydrogens (tertiary/aromatic N) is 5. The molecule has 2 aromatic rings. The molecule has 2 amide bonds. The van der Waals surface area contributed by atoms with Crippen LogP contribution in [0.3, 0.4) is 0 Å². The van der Waals surface area contributed by atoms with E-state index in [-0.39, 0.29) is 56.1 Å². The predicted octanol–water partition coefficient (Wildman–Crippen LogP) is 2.46. The molecule has 0 fully saturated rings. The maximum absolute atomic E-state index is 13.9. The molecule has 1 unspecified atom stereocenters. The Labute approximate surface area is 202 Å². The summed E-state index contributed by atoms with van der Waals surface area (Å²) < 4.78 is 80.9. The largest absolute Gasteiger partial charge is 0.453 e. The lowest BCUT2D eigenvalue weighted by Crippen LogP contribution is -2.46. The van der Waals surface area contributed by atoms with Crippen molar-refractivity contribution < 1.29 is 35.9 Å². The number of rotatable bonds is 6. The van der Waals surface area contributed by atoms with Gasteiger partial charge in [0.25, 0.3) is 5.82 Å². The summed E-state index contributed by atoms with van der Waals surface area (Å²) in [5.74, 6) is -6.31. The summed E-state index contributed by atoms with van der Waals surface area (Å²) in [6.07, 6.45) is -5.84. The van der Waals surface area contributed by atoms with Crippen LogP contribution in [0.1, 0.15) is 36.1 Å². The second-order valence-electron chi connectivity index (χ2n) is 8.14. The van der Waals surface area contributed by atoms with Crippen molar-refractivity contribution in [1.29, 1.82) is 0 Å². The first-order valence-corrected chi connectivity index (χ1v) is 10.2. The average molecular weight is 529 g/mol. The van der Waals surface area contributed by atoms with Crippen LogP contribution in [0.5, 0.6) is 0 Å². The van der Waals surface area contributed by atoms with E-state index in [4.69, 9.17) is 5.73 Å². The summed E-state index contributed by atoms with van der Waals surface area (Å²) in [6, 6.07) is -1.12. The van der Waals surface area contributed by atoms with Gasteiger partial charge in [0.05, 0.1) is 13.0 Å². The molecule has 0 saturated carbocycles. The summed E-state index contributed by atoms with van der Waals surface area (Å²) in [7, 11) is 2.91. The third kappa shape index (κ3) is 6.42. The van der Waals surface area contributed by atoms with Crippen LogP contribution >= 0.6 is 12.4 Å². The van der Waals surface area contributed by atoms with Crippen LogP contribution in [0.15, 0.2) is 12.1 Å². The lowest BCUT2D eigenvalue weighted by Gasteiger charge is -2.36. The van der Waals surface area contributed by atoms with Crippen molar-refractivity contribution in [3.8, 4) is 0 Å². The van der Waals surface area contributed by atoms with E-state index in [9.17, 15) is 35.9 Å². The van der Waals surface area contributed by atoms with Crippen molar-refractivity contribution >= 4 is 24.2 Å². The minimum atomic E-state index is -4.81. The molecular formula is C20H23ClF6N6O2. The second-order valence-corrected chi connectivity index (χ2v) is 8.14. The molecule has 1 aliphatic rings. The van der Waals surface area contributed by atoms with Gasteiger partial charge >= 0.3 is 6.18 Å². The number of hydrogen-bond acceptors (Lipinski definition) is 5. The van der Waals surface area contributed by atoms with Gasteiger partial charge in [-0.05, 0) is 18.1 Å². The maximum Gasteiger partial charge on any atom is 0.453 e. The highest BCUT2D eigenvalue weighted by molar-refractivity contribution is 5.85. The quantitative estimate of drug-likeness (QED) is 0.459. The van der Waals surface area contributed by atoms with Gasteiger partial charge in [0, 0.05) is 39.2 Å². The zero-order valence-electron chi connectivity index (χ0n) is 18.7. The van der Waals surface area contributed by atoms with Gasteiger partial charge in [0.1, 0.15) is 11.9 Å². The Hall–Kier alpha value is -2.87. The third-order valence-electron chi connectivity index (χ3n) is 5.38. The van der Waals surface area contributed by atoms with E-state index in [1.165, 1.54) is 23.9 Å². The van der Waals surface area contributed by atoms with Crippen LogP contribution in [0.4, 0.5) is 26.3 Å². The zero-order valence-corrected chi connectivity index (χ0v) is 19.5. The fraction of sp³-hybridized carbons (Fsp3) is 0.500. The summed E-state index contributed by atoms with van der Waals surface area (Å²) in [4.78, 5) is 31.3. The highest BCUT2D eigenvalue weighted by Gasteiger charge is 2.42. The molecule has 35 heavy (non-hydrogen) atoms. The molecule has 0 bridgehead atoms. The molecule has 0 aliphatic carbocycles. The van der Waals surface area contributed by atoms with Crippen molar-refractivity contribution in [3.05, 3.63) is 46.8 Å². The molecule has 15 heteroatoms. The highest BCUT2D eigenvalue weighted by Crippen LogP contribution is 2.33. The van der Waals surface area contributed by atoms with Crippen molar-refractivity contribution in [2.45, 2.75) is 44.1 Å². The summed E-state index contributed by atoms with van der Waals surface area (Å²) in [5.41, 5.74) is 5.70. The van der Waals surface area contributed by atoms with Gasteiger partial charge in [0.2, 0.25) is 11.8 Å². The SMILES string of the molecule is CN(C)C(=O)CC1c2nc(C(F)(F)F)nn2CCN1C(=O)C[C@H](N)Cc1cc(F)c(F)cc1F.Cl. The smallest absolute Gasteiger partial charge is 0.349 e. The Bertz CT molecular complexity index is 1090. The third-order valence-corrected chi connectivity index (χ3v) is 5.38. The van der Waals surface area contributed by atoms with Crippen LogP contribution < -0.4 is 5.73 Å². The Morgan fingerprint density at radius 3 is 2.37 bits per heavy atom. The molecule has 0 saturated heterocycles. The van der Waals surface area contributed by atoms with Gasteiger partial charge < -0.3 is 15.5 Å². The summed E-state index contributed by atoms with van der Waals surface area (Å²) >= 11 is 0. The van der Waals surface area contributed by atoms with E-state index >= 15 is 0 Å². The first-order chi connectivity index (χ1) is 15.8. The predicted molar refractivity (Wildman–Crippen MR) is 113 cm³/mol. The number of carbonyl (C=O) groups is 2. The van der Waals surface area contributed by atoms with E-state index in [0.717, 1.165) is 4.68 Å². The Kier molecular flexibility index (Phi) is 8.76. The number of halogens is 7. The number of benzene rings is 1. The molecule has 2 N–H and O–H groups in total. The van der Waals surface area contributed by atoms with Crippen molar-refractivity contribution in [2.24, 2.45) is 5.73 Å². The van der Waals surface area contributed by atoms with E-state index in [1.54, 1.807) is 0 Å². The molecule has 1 aromatic carbocycles. The number of hydrogen-bond donors (Lipinski definition) is 1. The molecule has 3 rings (SSSR count). The van der Waals surface area contributed by atoms with Gasteiger partial charge in [-0.15, -0.1) is 17.5 Å². The molecular weight excluding hydrogens is 506 g/mol. The zero-order chi connectivity index (χ0) is 25.4. The van der Waals surface area contributed by atoms with E-state index in [0.29, 0.717) is 12.1 Å². The molecule has 0 spiro atoms. The van der Waals surface area contributed by atoms with Gasteiger partial charge in [-0.2, -0.15) is 13.2 Å². The standard InChI is InChI=1S/C20H22F6N6O2.ClH/c1-30(2)16(33)9-15-18-28-19(20(24,25)26)29-32(18)4-3-31(15)17(34)7-11(27)5-10-6-13(22)14(23)8-12(10)21;/h6,8,11,15H,3-5,7,9,27H2,1-2H3;1H/t11-,15?;/m1./s1. The summed E-state index contributed by atoms with van der Waals surface area (Å²) in [5, 5.41) is 3.45. The normalized spacial score (nSPS) is 16.4.